The van der Waals surface area contributed by atoms with Gasteiger partial charge in [-0.1, -0.05) is 34.6 Å². The zero-order valence-corrected chi connectivity index (χ0v) is 18.2. The molecule has 0 aromatic carbocycles. The average molecular weight is 388 g/mol. The fourth-order valence-corrected chi connectivity index (χ4v) is 2.34. The number of carbonyl (C=O) groups excluding carboxylic acids is 1. The summed E-state index contributed by atoms with van der Waals surface area (Å²) in [5.41, 5.74) is 0. The number of methoxy groups -OCH3 is 2. The predicted molar refractivity (Wildman–Crippen MR) is 86.4 cm³/mol. The Morgan fingerprint density at radius 3 is 1.86 bits per heavy atom. The number of amides is 1. The molecule has 0 spiro atoms. The van der Waals surface area contributed by atoms with E-state index in [2.05, 4.69) is 34.7 Å². The molecule has 0 bridgehead atoms. The molecular weight excluding hydrogens is 355 g/mol. The van der Waals surface area contributed by atoms with Crippen molar-refractivity contribution in [2.75, 3.05) is 14.2 Å². The average Bonchev–Trinajstić information content (AvgIpc) is 2.43. The van der Waals surface area contributed by atoms with Crippen molar-refractivity contribution in [2.45, 2.75) is 59.3 Å². The number of hydrogen-bond donors (Lipinski definition) is 0. The Morgan fingerprint density at radius 1 is 1.05 bits per heavy atom. The number of rotatable bonds is 9. The van der Waals surface area contributed by atoms with E-state index in [1.54, 1.807) is 14.2 Å². The minimum atomic E-state index is -0.315. The molecule has 129 valence electrons. The molecule has 22 heavy (non-hydrogen) atoms. The second kappa shape index (κ2) is 11.9. The van der Waals surface area contributed by atoms with Crippen LogP contribution in [0.3, 0.4) is 0 Å². The molecule has 4 atom stereocenters. The van der Waals surface area contributed by atoms with Crippen LogP contribution in [0, 0.1) is 31.7 Å². The Balaban J connectivity index is 0. The quantitative estimate of drug-likeness (QED) is 0.570. The predicted octanol–water partition coefficient (Wildman–Crippen LogP) is 3.17. The molecule has 4 unspecified atom stereocenters. The molecule has 0 N–H and O–H groups in total. The Hall–Kier alpha value is 0.494. The molecule has 1 radical (unpaired) electrons. The molecule has 5 heteroatoms. The zero-order chi connectivity index (χ0) is 16.7. The van der Waals surface area contributed by atoms with E-state index in [0.29, 0.717) is 12.3 Å². The van der Waals surface area contributed by atoms with Crippen molar-refractivity contribution in [3.8, 4) is 0 Å². The van der Waals surface area contributed by atoms with Crippen LogP contribution in [0.1, 0.15) is 41.0 Å². The van der Waals surface area contributed by atoms with Gasteiger partial charge < -0.3 is 21.3 Å². The zero-order valence-electron chi connectivity index (χ0n) is 15.3. The molecule has 0 rings (SSSR count). The van der Waals surface area contributed by atoms with Crippen LogP contribution in [0.2, 0.25) is 0 Å². The molecule has 0 aromatic heterocycles. The molecule has 1 amide bonds. The maximum atomic E-state index is 12.4. The van der Waals surface area contributed by atoms with Crippen molar-refractivity contribution >= 4 is 5.91 Å². The summed E-state index contributed by atoms with van der Waals surface area (Å²) < 4.78 is 10.9. The van der Waals surface area contributed by atoms with Gasteiger partial charge in [0.05, 0.1) is 12.5 Å². The SMILES string of the molecule is [CH2-]C(C(OC)C(C)C(C)C)N([CH2-])C(=O)CC(OC)C(C)C.[Y]. The van der Waals surface area contributed by atoms with E-state index < -0.39 is 0 Å². The van der Waals surface area contributed by atoms with E-state index in [9.17, 15) is 4.79 Å². The smallest absolute Gasteiger partial charge is 0.194 e. The summed E-state index contributed by atoms with van der Waals surface area (Å²) >= 11 is 0. The van der Waals surface area contributed by atoms with Crippen LogP contribution < -0.4 is 0 Å². The fourth-order valence-electron chi connectivity index (χ4n) is 2.34. The summed E-state index contributed by atoms with van der Waals surface area (Å²) in [7, 11) is 7.17. The van der Waals surface area contributed by atoms with Crippen molar-refractivity contribution in [1.82, 2.24) is 4.90 Å². The Kier molecular flexibility index (Phi) is 13.4. The van der Waals surface area contributed by atoms with Crippen molar-refractivity contribution in [1.29, 1.82) is 0 Å². The molecule has 0 aliphatic carbocycles. The monoisotopic (exact) mass is 388 g/mol. The first-order chi connectivity index (χ1) is 9.67. The van der Waals surface area contributed by atoms with Crippen LogP contribution in [0.25, 0.3) is 0 Å². The van der Waals surface area contributed by atoms with Crippen LogP contribution >= 0.6 is 0 Å². The first kappa shape index (κ1) is 24.7. The first-order valence-electron chi connectivity index (χ1n) is 7.68. The summed E-state index contributed by atoms with van der Waals surface area (Å²) in [5, 5.41) is 0. The molecule has 0 aliphatic rings. The van der Waals surface area contributed by atoms with E-state index in [4.69, 9.17) is 9.47 Å². The van der Waals surface area contributed by atoms with Gasteiger partial charge >= 0.3 is 0 Å². The van der Waals surface area contributed by atoms with Crippen LogP contribution in [-0.4, -0.2) is 43.3 Å². The second-order valence-corrected chi connectivity index (χ2v) is 6.46. The molecule has 0 saturated carbocycles. The summed E-state index contributed by atoms with van der Waals surface area (Å²) in [6.45, 7) is 14.5. The minimum Gasteiger partial charge on any atom is -0.516 e. The van der Waals surface area contributed by atoms with E-state index in [-0.39, 0.29) is 68.7 Å². The minimum absolute atomic E-state index is 0. The molecule has 0 saturated heterocycles. The summed E-state index contributed by atoms with van der Waals surface area (Å²) in [6.07, 6.45) is 0.0832. The van der Waals surface area contributed by atoms with Crippen LogP contribution in [0.15, 0.2) is 0 Å². The van der Waals surface area contributed by atoms with E-state index in [1.165, 1.54) is 4.90 Å². The molecule has 4 nitrogen and oxygen atoms in total. The fraction of sp³-hybridized carbons (Fsp3) is 0.824. The van der Waals surface area contributed by atoms with Gasteiger partial charge in [0.2, 0.25) is 0 Å². The van der Waals surface area contributed by atoms with Gasteiger partial charge in [0.1, 0.15) is 0 Å². The standard InChI is InChI=1S/C17H33NO3.Y/c1-11(2)13(5)17(21-9)14(6)18(7)16(19)10-15(20-8)12(3)4;/h11-15,17H,6-7,10H2,1-5,8-9H3;/q-2;. The Morgan fingerprint density at radius 2 is 1.55 bits per heavy atom. The van der Waals surface area contributed by atoms with Gasteiger partial charge in [-0.25, -0.2) is 0 Å². The van der Waals surface area contributed by atoms with E-state index in [0.717, 1.165) is 0 Å². The third-order valence-electron chi connectivity index (χ3n) is 4.36. The van der Waals surface area contributed by atoms with Gasteiger partial charge in [-0.15, -0.1) is 6.04 Å². The third-order valence-corrected chi connectivity index (χ3v) is 4.36. The molecule has 0 aromatic rings. The van der Waals surface area contributed by atoms with Crippen LogP contribution in [0.5, 0.6) is 0 Å². The second-order valence-electron chi connectivity index (χ2n) is 6.46. The van der Waals surface area contributed by atoms with Crippen molar-refractivity contribution < 1.29 is 47.0 Å². The van der Waals surface area contributed by atoms with Gasteiger partial charge in [-0.2, -0.15) is 0 Å². The maximum Gasteiger partial charge on any atom is 0.194 e. The number of ether oxygens (including phenoxy) is 2. The van der Waals surface area contributed by atoms with Gasteiger partial charge in [0.25, 0.3) is 0 Å². The first-order valence-corrected chi connectivity index (χ1v) is 7.68. The van der Waals surface area contributed by atoms with Crippen LogP contribution in [-0.2, 0) is 47.0 Å². The van der Waals surface area contributed by atoms with Gasteiger partial charge in [0.15, 0.2) is 5.91 Å². The number of hydrogen-bond acceptors (Lipinski definition) is 3. The van der Waals surface area contributed by atoms with Gasteiger partial charge in [-0.3, -0.25) is 11.8 Å². The molecule has 0 heterocycles. The van der Waals surface area contributed by atoms with Crippen molar-refractivity contribution in [2.24, 2.45) is 17.8 Å². The summed E-state index contributed by atoms with van der Waals surface area (Å²) in [5.74, 6) is 0.958. The summed E-state index contributed by atoms with van der Waals surface area (Å²) in [6, 6.07) is -0.315. The van der Waals surface area contributed by atoms with Gasteiger partial charge in [-0.05, 0) is 17.8 Å². The normalized spacial score (nSPS) is 16.9. The third kappa shape index (κ3) is 7.38. The molecule has 0 aliphatic heterocycles. The summed E-state index contributed by atoms with van der Waals surface area (Å²) in [4.78, 5) is 13.8. The topological polar surface area (TPSA) is 38.8 Å². The van der Waals surface area contributed by atoms with E-state index in [1.807, 2.05) is 13.8 Å². The molecule has 0 fully saturated rings. The van der Waals surface area contributed by atoms with Crippen molar-refractivity contribution in [3.63, 3.8) is 0 Å². The van der Waals surface area contributed by atoms with Crippen molar-refractivity contribution in [3.05, 3.63) is 14.0 Å². The number of carbonyl (C=O) groups is 1. The largest absolute Gasteiger partial charge is 0.516 e. The Labute approximate surface area is 162 Å². The molecular formula is C17H33NO3Y-2. The number of nitrogens with zero attached hydrogens (tertiary/aromatic N) is 1. The Bertz CT molecular complexity index is 310. The van der Waals surface area contributed by atoms with E-state index >= 15 is 0 Å². The van der Waals surface area contributed by atoms with Crippen LogP contribution in [0.4, 0.5) is 0 Å². The maximum absolute atomic E-state index is 12.4. The van der Waals surface area contributed by atoms with Gasteiger partial charge in [0, 0.05) is 53.0 Å².